The highest BCUT2D eigenvalue weighted by Gasteiger charge is 2.64. The molecule has 15 heavy (non-hydrogen) atoms. The summed E-state index contributed by atoms with van der Waals surface area (Å²) in [7, 11) is 0. The summed E-state index contributed by atoms with van der Waals surface area (Å²) in [5.74, 6) is -2.61. The van der Waals surface area contributed by atoms with E-state index in [4.69, 9.17) is 0 Å². The van der Waals surface area contributed by atoms with Crippen LogP contribution in [-0.2, 0) is 4.74 Å². The van der Waals surface area contributed by atoms with Crippen molar-refractivity contribution in [3.05, 3.63) is 0 Å². The average Bonchev–Trinajstić information content (AvgIpc) is 1.76. The highest BCUT2D eigenvalue weighted by atomic mass is 19.4. The lowest BCUT2D eigenvalue weighted by atomic mass is 10.1. The van der Waals surface area contributed by atoms with Gasteiger partial charge in [-0.15, -0.1) is 0 Å². The molecule has 1 fully saturated rings. The summed E-state index contributed by atoms with van der Waals surface area (Å²) in [5.41, 5.74) is 0. The Labute approximate surface area is 79.0 Å². The summed E-state index contributed by atoms with van der Waals surface area (Å²) in [6.45, 7) is -0.747. The number of rotatable bonds is 0. The fraction of sp³-hybridized carbons (Fsp3) is 1.00. The van der Waals surface area contributed by atoms with Gasteiger partial charge in [0.2, 0.25) is 0 Å². The topological polar surface area (TPSA) is 9.23 Å². The van der Waals surface area contributed by atoms with E-state index in [0.717, 1.165) is 0 Å². The first-order valence-corrected chi connectivity index (χ1v) is 3.49. The summed E-state index contributed by atoms with van der Waals surface area (Å²) in [6.07, 6.45) is -12.8. The van der Waals surface area contributed by atoms with E-state index in [9.17, 15) is 35.1 Å². The average molecular weight is 246 g/mol. The Kier molecular flexibility index (Phi) is 3.94. The van der Waals surface area contributed by atoms with Crippen molar-refractivity contribution in [3.63, 3.8) is 0 Å². The van der Waals surface area contributed by atoms with E-state index in [2.05, 4.69) is 4.74 Å². The largest absolute Gasteiger partial charge is 0.402 e. The maximum absolute atomic E-state index is 11.8. The standard InChI is InChI=1S/C4H3F5O.C2H3F3/c5-3(6,7)2-1-10-4(2,8)9;1-2(3,4)5/h2H,1H2;1H3. The Morgan fingerprint density at radius 3 is 1.40 bits per heavy atom. The van der Waals surface area contributed by atoms with Crippen molar-refractivity contribution in [1.82, 2.24) is 0 Å². The summed E-state index contributed by atoms with van der Waals surface area (Å²) < 4.78 is 92.3. The zero-order valence-corrected chi connectivity index (χ0v) is 7.22. The molecule has 0 aromatic heterocycles. The molecule has 0 aliphatic carbocycles. The lowest BCUT2D eigenvalue weighted by Crippen LogP contribution is -2.53. The van der Waals surface area contributed by atoms with Gasteiger partial charge < -0.3 is 4.74 Å². The smallest absolute Gasteiger partial charge is 0.319 e. The van der Waals surface area contributed by atoms with Crippen molar-refractivity contribution in [2.24, 2.45) is 5.92 Å². The van der Waals surface area contributed by atoms with Crippen molar-refractivity contribution in [1.29, 1.82) is 0 Å². The maximum Gasteiger partial charge on any atom is 0.402 e. The SMILES string of the molecule is CC(F)(F)F.FC(F)(F)C1COC1(F)F. The first kappa shape index (κ1) is 14.4. The number of ether oxygens (including phenoxy) is 1. The van der Waals surface area contributed by atoms with Crippen LogP contribution in [0.25, 0.3) is 0 Å². The molecule has 9 heteroatoms. The second kappa shape index (κ2) is 4.11. The third kappa shape index (κ3) is 5.75. The second-order valence-corrected chi connectivity index (χ2v) is 2.75. The van der Waals surface area contributed by atoms with Gasteiger partial charge in [-0.2, -0.15) is 35.1 Å². The number of hydrogen-bond acceptors (Lipinski definition) is 1. The van der Waals surface area contributed by atoms with Crippen LogP contribution in [0.15, 0.2) is 0 Å². The highest BCUT2D eigenvalue weighted by molar-refractivity contribution is 4.83. The van der Waals surface area contributed by atoms with Crippen LogP contribution in [0.5, 0.6) is 0 Å². The predicted octanol–water partition coefficient (Wildman–Crippen LogP) is 3.36. The molecule has 92 valence electrons. The molecule has 0 amide bonds. The molecule has 0 aromatic rings. The molecule has 1 atom stereocenters. The van der Waals surface area contributed by atoms with E-state index in [1.165, 1.54) is 0 Å². The van der Waals surface area contributed by atoms with Gasteiger partial charge in [-0.3, -0.25) is 0 Å². The van der Waals surface area contributed by atoms with Crippen LogP contribution < -0.4 is 0 Å². The number of hydrogen-bond donors (Lipinski definition) is 0. The molecule has 1 nitrogen and oxygen atoms in total. The van der Waals surface area contributed by atoms with Crippen molar-refractivity contribution in [3.8, 4) is 0 Å². The minimum Gasteiger partial charge on any atom is -0.319 e. The molecule has 1 unspecified atom stereocenters. The van der Waals surface area contributed by atoms with Crippen LogP contribution in [0.3, 0.4) is 0 Å². The maximum atomic E-state index is 11.8. The van der Waals surface area contributed by atoms with Crippen LogP contribution >= 0.6 is 0 Å². The molecule has 0 aromatic carbocycles. The fourth-order valence-corrected chi connectivity index (χ4v) is 0.578. The normalized spacial score (nSPS) is 25.0. The van der Waals surface area contributed by atoms with Crippen LogP contribution in [-0.4, -0.2) is 25.1 Å². The van der Waals surface area contributed by atoms with Crippen LogP contribution in [0, 0.1) is 5.92 Å². The zero-order valence-electron chi connectivity index (χ0n) is 7.22. The molecular weight excluding hydrogens is 240 g/mol. The molecule has 1 heterocycles. The van der Waals surface area contributed by atoms with Gasteiger partial charge in [0.1, 0.15) is 0 Å². The molecule has 1 aliphatic rings. The van der Waals surface area contributed by atoms with E-state index in [1.807, 2.05) is 0 Å². The van der Waals surface area contributed by atoms with Crippen molar-refractivity contribution in [2.75, 3.05) is 6.61 Å². The van der Waals surface area contributed by atoms with Gasteiger partial charge in [0, 0.05) is 6.92 Å². The van der Waals surface area contributed by atoms with E-state index in [0.29, 0.717) is 0 Å². The van der Waals surface area contributed by atoms with E-state index in [-0.39, 0.29) is 6.92 Å². The molecule has 1 rings (SSSR count). The Bertz CT molecular complexity index is 188. The number of halogens is 8. The van der Waals surface area contributed by atoms with Gasteiger partial charge >= 0.3 is 18.5 Å². The molecule has 1 aliphatic heterocycles. The number of alkyl halides is 8. The Morgan fingerprint density at radius 2 is 1.40 bits per heavy atom. The van der Waals surface area contributed by atoms with Gasteiger partial charge in [0.25, 0.3) is 0 Å². The molecule has 0 radical (unpaired) electrons. The molecule has 1 saturated heterocycles. The van der Waals surface area contributed by atoms with Crippen molar-refractivity contribution in [2.45, 2.75) is 25.4 Å². The predicted molar refractivity (Wildman–Crippen MR) is 32.2 cm³/mol. The van der Waals surface area contributed by atoms with Gasteiger partial charge in [-0.1, -0.05) is 0 Å². The minimum atomic E-state index is -4.85. The van der Waals surface area contributed by atoms with Gasteiger partial charge in [-0.25, -0.2) is 0 Å². The zero-order chi connectivity index (χ0) is 12.5. The first-order valence-electron chi connectivity index (χ1n) is 3.49. The third-order valence-corrected chi connectivity index (χ3v) is 1.24. The molecule has 0 spiro atoms. The summed E-state index contributed by atoms with van der Waals surface area (Å²) in [6, 6.07) is 0. The Hall–Kier alpha value is -0.600. The fourth-order valence-electron chi connectivity index (χ4n) is 0.578. The van der Waals surface area contributed by atoms with E-state index in [1.54, 1.807) is 0 Å². The van der Waals surface area contributed by atoms with E-state index >= 15 is 0 Å². The monoisotopic (exact) mass is 246 g/mol. The van der Waals surface area contributed by atoms with Gasteiger partial charge in [-0.05, 0) is 0 Å². The molecular formula is C6H6F8O. The van der Waals surface area contributed by atoms with Gasteiger partial charge in [0.15, 0.2) is 5.92 Å². The molecule has 0 saturated carbocycles. The lowest BCUT2D eigenvalue weighted by Gasteiger charge is -2.36. The Balaban J connectivity index is 0.000000336. The van der Waals surface area contributed by atoms with E-state index < -0.39 is 31.0 Å². The summed E-state index contributed by atoms with van der Waals surface area (Å²) in [5, 5.41) is 0. The van der Waals surface area contributed by atoms with Crippen LogP contribution in [0.2, 0.25) is 0 Å². The molecule has 0 bridgehead atoms. The first-order chi connectivity index (χ1) is 6.34. The van der Waals surface area contributed by atoms with Crippen molar-refractivity contribution < 1.29 is 39.9 Å². The van der Waals surface area contributed by atoms with Gasteiger partial charge in [0.05, 0.1) is 6.61 Å². The van der Waals surface area contributed by atoms with Crippen LogP contribution in [0.1, 0.15) is 6.92 Å². The highest BCUT2D eigenvalue weighted by Crippen LogP contribution is 2.45. The minimum absolute atomic E-state index is 0.188. The lowest BCUT2D eigenvalue weighted by molar-refractivity contribution is -0.416. The summed E-state index contributed by atoms with van der Waals surface area (Å²) in [4.78, 5) is 0. The summed E-state index contributed by atoms with van der Waals surface area (Å²) >= 11 is 0. The quantitative estimate of drug-likeness (QED) is 0.595. The third-order valence-electron chi connectivity index (χ3n) is 1.24. The second-order valence-electron chi connectivity index (χ2n) is 2.75. The molecule has 0 N–H and O–H groups in total. The Morgan fingerprint density at radius 1 is 1.07 bits per heavy atom. The van der Waals surface area contributed by atoms with Crippen LogP contribution in [0.4, 0.5) is 35.1 Å². The van der Waals surface area contributed by atoms with Crippen molar-refractivity contribution >= 4 is 0 Å².